The van der Waals surface area contributed by atoms with Crippen LogP contribution in [0.1, 0.15) is 61.7 Å². The largest absolute Gasteiger partial charge is 0.305 e. The number of aryl methyl sites for hydroxylation is 1. The summed E-state index contributed by atoms with van der Waals surface area (Å²) in [4.78, 5) is 9.13. The van der Waals surface area contributed by atoms with Crippen LogP contribution < -0.4 is 5.19 Å². The smallest absolute Gasteiger partial charge is 0.0799 e. The Bertz CT molecular complexity index is 2320. The maximum Gasteiger partial charge on any atom is 0.0799 e. The standard InChI is InChI=1S/C27H22N.C17H22NSi.Ir/c1-17(2)25-15-27(28-16-18(25)3)19-12-13-24-22-10-5-4-8-20(22)21-9-6-7-11-23(21)26(24)14-19;1-13(2)15-11-16(14-9-7-6-8-10-14)18-12-17(15)19(3,4)5;/h4-11,13-17H,1-3H3;6-9,11-13H,1-5H3;/q2*-1;/i3D3;13D;. The van der Waals surface area contributed by atoms with Crippen molar-refractivity contribution in [2.45, 2.75) is 66.0 Å². The quantitative estimate of drug-likeness (QED) is 0.0982. The Morgan fingerprint density at radius 2 is 1.21 bits per heavy atom. The molecular weight excluding hydrogens is 777 g/mol. The van der Waals surface area contributed by atoms with Gasteiger partial charge in [-0.3, -0.25) is 0 Å². The number of fused-ring (bicyclic) bond motifs is 6. The number of hydrogen-bond acceptors (Lipinski definition) is 2. The average Bonchev–Trinajstić information content (AvgIpc) is 3.10. The molecular formula is C44H44IrN2Si-2. The number of nitrogens with zero attached hydrogens (tertiary/aromatic N) is 2. The second kappa shape index (κ2) is 14.7. The molecule has 7 rings (SSSR count). The summed E-state index contributed by atoms with van der Waals surface area (Å²) in [5.74, 6) is -0.523. The zero-order valence-corrected chi connectivity index (χ0v) is 32.1. The van der Waals surface area contributed by atoms with E-state index in [0.29, 0.717) is 5.56 Å². The van der Waals surface area contributed by atoms with Crippen molar-refractivity contribution in [2.75, 3.05) is 0 Å². The maximum absolute atomic E-state index is 8.44. The van der Waals surface area contributed by atoms with Gasteiger partial charge in [-0.1, -0.05) is 130 Å². The molecule has 0 aliphatic carbocycles. The molecule has 0 fully saturated rings. The third-order valence-corrected chi connectivity index (χ3v) is 10.8. The van der Waals surface area contributed by atoms with Crippen molar-refractivity contribution in [1.82, 2.24) is 9.97 Å². The summed E-state index contributed by atoms with van der Waals surface area (Å²) in [6.07, 6.45) is 3.49. The minimum absolute atomic E-state index is 0. The van der Waals surface area contributed by atoms with Crippen molar-refractivity contribution in [3.05, 3.63) is 138 Å². The van der Waals surface area contributed by atoms with Crippen LogP contribution in [0, 0.1) is 19.0 Å². The Labute approximate surface area is 306 Å². The fourth-order valence-electron chi connectivity index (χ4n) is 6.25. The van der Waals surface area contributed by atoms with Crippen LogP contribution in [0.3, 0.4) is 0 Å². The molecule has 245 valence electrons. The summed E-state index contributed by atoms with van der Waals surface area (Å²) >= 11 is 0. The first kappa shape index (κ1) is 30.1. The second-order valence-electron chi connectivity index (χ2n) is 13.7. The van der Waals surface area contributed by atoms with E-state index in [4.69, 9.17) is 5.48 Å². The number of benzene rings is 5. The van der Waals surface area contributed by atoms with E-state index in [1.807, 2.05) is 70.3 Å². The Balaban J connectivity index is 0.000000217. The first-order valence-electron chi connectivity index (χ1n) is 18.3. The van der Waals surface area contributed by atoms with Crippen molar-refractivity contribution in [3.63, 3.8) is 0 Å². The van der Waals surface area contributed by atoms with Crippen molar-refractivity contribution < 1.29 is 25.6 Å². The van der Waals surface area contributed by atoms with Gasteiger partial charge in [-0.15, -0.1) is 59.7 Å². The minimum Gasteiger partial charge on any atom is -0.305 e. The fourth-order valence-corrected chi connectivity index (χ4v) is 7.84. The molecule has 0 spiro atoms. The summed E-state index contributed by atoms with van der Waals surface area (Å²) in [6, 6.07) is 39.5. The van der Waals surface area contributed by atoms with Crippen LogP contribution in [0.4, 0.5) is 0 Å². The third-order valence-electron chi connectivity index (χ3n) is 8.75. The molecule has 0 saturated heterocycles. The molecule has 2 aromatic heterocycles. The molecule has 0 amide bonds. The van der Waals surface area contributed by atoms with Gasteiger partial charge in [0, 0.05) is 38.0 Å². The summed E-state index contributed by atoms with van der Waals surface area (Å²) in [6.45, 7) is 12.6. The van der Waals surface area contributed by atoms with Gasteiger partial charge >= 0.3 is 0 Å². The molecule has 48 heavy (non-hydrogen) atoms. The number of hydrogen-bond donors (Lipinski definition) is 0. The van der Waals surface area contributed by atoms with Gasteiger partial charge in [0.1, 0.15) is 0 Å². The minimum atomic E-state index is -2.17. The van der Waals surface area contributed by atoms with Crippen molar-refractivity contribution in [2.24, 2.45) is 0 Å². The molecule has 0 unspecified atom stereocenters. The summed E-state index contributed by atoms with van der Waals surface area (Å²) in [5.41, 5.74) is 5.73. The van der Waals surface area contributed by atoms with Crippen LogP contribution in [0.2, 0.25) is 19.6 Å². The number of rotatable bonds is 5. The summed E-state index contributed by atoms with van der Waals surface area (Å²) in [5, 5.41) is 8.42. The van der Waals surface area contributed by atoms with E-state index in [-0.39, 0.29) is 26.0 Å². The van der Waals surface area contributed by atoms with Crippen LogP contribution in [-0.4, -0.2) is 18.0 Å². The molecule has 5 aromatic carbocycles. The molecule has 0 bridgehead atoms. The monoisotopic (exact) mass is 825 g/mol. The second-order valence-corrected chi connectivity index (χ2v) is 18.8. The maximum atomic E-state index is 8.44. The van der Waals surface area contributed by atoms with Gasteiger partial charge in [0.25, 0.3) is 0 Å². The predicted molar refractivity (Wildman–Crippen MR) is 205 cm³/mol. The van der Waals surface area contributed by atoms with Crippen LogP contribution in [0.25, 0.3) is 54.8 Å². The first-order valence-corrected chi connectivity index (χ1v) is 19.8. The van der Waals surface area contributed by atoms with Crippen molar-refractivity contribution in [1.29, 1.82) is 0 Å². The van der Waals surface area contributed by atoms with Gasteiger partial charge in [-0.2, -0.15) is 0 Å². The van der Waals surface area contributed by atoms with Gasteiger partial charge in [0.2, 0.25) is 0 Å². The zero-order valence-electron chi connectivity index (χ0n) is 32.7. The molecule has 1 radical (unpaired) electrons. The number of aromatic nitrogens is 2. The fraction of sp³-hybridized carbons (Fsp3) is 0.227. The van der Waals surface area contributed by atoms with Crippen LogP contribution in [0.15, 0.2) is 109 Å². The molecule has 4 heteroatoms. The third kappa shape index (κ3) is 7.22. The van der Waals surface area contributed by atoms with E-state index in [9.17, 15) is 0 Å². The molecule has 0 aliphatic rings. The van der Waals surface area contributed by atoms with E-state index in [0.717, 1.165) is 44.4 Å². The topological polar surface area (TPSA) is 25.8 Å². The molecule has 2 nitrogen and oxygen atoms in total. The normalized spacial score (nSPS) is 13.2. The van der Waals surface area contributed by atoms with Crippen molar-refractivity contribution in [3.8, 4) is 22.5 Å². The summed E-state index contributed by atoms with van der Waals surface area (Å²) in [7, 11) is -1.50. The van der Waals surface area contributed by atoms with E-state index in [2.05, 4.69) is 102 Å². The Morgan fingerprint density at radius 1 is 0.646 bits per heavy atom. The van der Waals surface area contributed by atoms with Crippen LogP contribution in [-0.2, 0) is 20.1 Å². The van der Waals surface area contributed by atoms with Gasteiger partial charge in [-0.25, -0.2) is 0 Å². The Morgan fingerprint density at radius 3 is 1.77 bits per heavy atom. The summed E-state index contributed by atoms with van der Waals surface area (Å²) < 4.78 is 32.0. The van der Waals surface area contributed by atoms with Crippen LogP contribution >= 0.6 is 0 Å². The zero-order chi connectivity index (χ0) is 36.7. The van der Waals surface area contributed by atoms with E-state index in [1.54, 1.807) is 0 Å². The van der Waals surface area contributed by atoms with E-state index >= 15 is 0 Å². The molecule has 0 saturated carbocycles. The first-order chi connectivity index (χ1) is 24.0. The molecule has 7 aromatic rings. The van der Waals surface area contributed by atoms with Gasteiger partial charge in [-0.05, 0) is 62.5 Å². The molecule has 0 aliphatic heterocycles. The predicted octanol–water partition coefficient (Wildman–Crippen LogP) is 11.7. The Hall–Kier alpha value is -3.95. The van der Waals surface area contributed by atoms with E-state index in [1.165, 1.54) is 32.9 Å². The van der Waals surface area contributed by atoms with Crippen molar-refractivity contribution >= 4 is 45.6 Å². The van der Waals surface area contributed by atoms with E-state index < -0.39 is 20.8 Å². The van der Waals surface area contributed by atoms with Gasteiger partial charge in [0.05, 0.1) is 8.07 Å². The van der Waals surface area contributed by atoms with Gasteiger partial charge < -0.3 is 9.97 Å². The van der Waals surface area contributed by atoms with Crippen LogP contribution in [0.5, 0.6) is 0 Å². The SMILES string of the molecule is [2H]C(C)(C)c1cc(-c2[c-]cccc2)ncc1[Si](C)(C)C.[2H]C([2H])([2H])c1cnc(-c2[c-]cc3c4ccccc4c4ccccc4c3c2)cc1C(C)C.[Ir]. The Kier molecular flexibility index (Phi) is 9.20. The molecule has 0 N–H and O–H groups in total. The number of pyridine rings is 2. The van der Waals surface area contributed by atoms with Gasteiger partial charge in [0.15, 0.2) is 0 Å². The molecule has 0 atom stereocenters. The molecule has 2 heterocycles. The average molecular weight is 825 g/mol.